The van der Waals surface area contributed by atoms with Crippen molar-refractivity contribution in [1.82, 2.24) is 0 Å². The zero-order chi connectivity index (χ0) is 9.97. The highest BCUT2D eigenvalue weighted by atomic mass is 79.9. The molecular weight excluding hydrogens is 240 g/mol. The normalized spacial score (nSPS) is 22.3. The van der Waals surface area contributed by atoms with E-state index >= 15 is 0 Å². The molecule has 2 heteroatoms. The minimum Gasteiger partial charge on any atom is -0.381 e. The number of ether oxygens (including phenoxy) is 1. The van der Waals surface area contributed by atoms with Crippen LogP contribution in [0.25, 0.3) is 0 Å². The highest BCUT2D eigenvalue weighted by Crippen LogP contribution is 2.30. The van der Waals surface area contributed by atoms with Crippen LogP contribution in [0.1, 0.15) is 29.9 Å². The number of halogens is 1. The summed E-state index contributed by atoms with van der Waals surface area (Å²) in [7, 11) is 0. The van der Waals surface area contributed by atoms with Gasteiger partial charge in [0.2, 0.25) is 0 Å². The van der Waals surface area contributed by atoms with E-state index in [1.54, 1.807) is 0 Å². The summed E-state index contributed by atoms with van der Waals surface area (Å²) in [5.41, 5.74) is 2.81. The second-order valence-electron chi connectivity index (χ2n) is 3.87. The zero-order valence-corrected chi connectivity index (χ0v) is 10.0. The van der Waals surface area contributed by atoms with Crippen molar-refractivity contribution in [2.45, 2.75) is 25.7 Å². The van der Waals surface area contributed by atoms with Gasteiger partial charge in [-0.2, -0.15) is 0 Å². The van der Waals surface area contributed by atoms with Crippen molar-refractivity contribution in [3.8, 4) is 0 Å². The maximum absolute atomic E-state index is 5.52. The van der Waals surface area contributed by atoms with Gasteiger partial charge in [0.05, 0.1) is 6.61 Å². The molecule has 0 radical (unpaired) electrons. The summed E-state index contributed by atoms with van der Waals surface area (Å²) in [6.45, 7) is 3.99. The van der Waals surface area contributed by atoms with E-state index in [0.717, 1.165) is 13.2 Å². The smallest absolute Gasteiger partial charge is 0.0534 e. The molecule has 0 spiro atoms. The third-order valence-electron chi connectivity index (χ3n) is 2.91. The van der Waals surface area contributed by atoms with Crippen molar-refractivity contribution in [1.29, 1.82) is 0 Å². The van der Waals surface area contributed by atoms with Crippen molar-refractivity contribution in [3.63, 3.8) is 0 Å². The van der Waals surface area contributed by atoms with Gasteiger partial charge in [-0.1, -0.05) is 28.1 Å². The summed E-state index contributed by atoms with van der Waals surface area (Å²) < 4.78 is 6.72. The van der Waals surface area contributed by atoms with Crippen LogP contribution in [-0.2, 0) is 4.74 Å². The molecule has 1 saturated heterocycles. The van der Waals surface area contributed by atoms with Crippen LogP contribution in [0.15, 0.2) is 22.7 Å². The average molecular weight is 255 g/mol. The van der Waals surface area contributed by atoms with E-state index < -0.39 is 0 Å². The summed E-state index contributed by atoms with van der Waals surface area (Å²) in [4.78, 5) is 0. The highest BCUT2D eigenvalue weighted by molar-refractivity contribution is 9.10. The monoisotopic (exact) mass is 254 g/mol. The van der Waals surface area contributed by atoms with E-state index in [2.05, 4.69) is 41.1 Å². The Kier molecular flexibility index (Phi) is 3.24. The van der Waals surface area contributed by atoms with Crippen LogP contribution in [0.4, 0.5) is 0 Å². The van der Waals surface area contributed by atoms with E-state index in [4.69, 9.17) is 4.74 Å². The highest BCUT2D eigenvalue weighted by Gasteiger charge is 2.18. The van der Waals surface area contributed by atoms with Gasteiger partial charge in [-0.25, -0.2) is 0 Å². The lowest BCUT2D eigenvalue weighted by atomic mass is 9.90. The molecule has 1 aliphatic rings. The molecule has 1 fully saturated rings. The molecule has 1 aromatic carbocycles. The fourth-order valence-electron chi connectivity index (χ4n) is 2.05. The SMILES string of the molecule is Cc1c(Br)cccc1C1CCCOC1. The van der Waals surface area contributed by atoms with Gasteiger partial charge in [-0.05, 0) is 37.0 Å². The first-order valence-corrected chi connectivity index (χ1v) is 5.91. The molecule has 76 valence electrons. The van der Waals surface area contributed by atoms with Crippen molar-refractivity contribution in [3.05, 3.63) is 33.8 Å². The summed E-state index contributed by atoms with van der Waals surface area (Å²) in [6, 6.07) is 6.43. The summed E-state index contributed by atoms with van der Waals surface area (Å²) in [5, 5.41) is 0. The molecule has 14 heavy (non-hydrogen) atoms. The third-order valence-corrected chi connectivity index (χ3v) is 3.77. The number of hydrogen-bond acceptors (Lipinski definition) is 1. The van der Waals surface area contributed by atoms with E-state index in [0.29, 0.717) is 5.92 Å². The molecule has 1 atom stereocenters. The van der Waals surface area contributed by atoms with Crippen molar-refractivity contribution < 1.29 is 4.74 Å². The maximum Gasteiger partial charge on any atom is 0.0534 e. The van der Waals surface area contributed by atoms with Crippen LogP contribution >= 0.6 is 15.9 Å². The molecule has 0 bridgehead atoms. The topological polar surface area (TPSA) is 9.23 Å². The quantitative estimate of drug-likeness (QED) is 0.744. The molecule has 1 heterocycles. The molecule has 0 aliphatic carbocycles. The van der Waals surface area contributed by atoms with Gasteiger partial charge < -0.3 is 4.74 Å². The van der Waals surface area contributed by atoms with E-state index in [-0.39, 0.29) is 0 Å². The second kappa shape index (κ2) is 4.45. The summed E-state index contributed by atoms with van der Waals surface area (Å²) in [6.07, 6.45) is 2.45. The molecule has 1 aromatic rings. The van der Waals surface area contributed by atoms with Crippen LogP contribution in [0, 0.1) is 6.92 Å². The molecule has 1 aliphatic heterocycles. The molecule has 0 N–H and O–H groups in total. The summed E-state index contributed by atoms with van der Waals surface area (Å²) in [5.74, 6) is 0.598. The summed E-state index contributed by atoms with van der Waals surface area (Å²) >= 11 is 3.57. The number of benzene rings is 1. The Morgan fingerprint density at radius 3 is 3.00 bits per heavy atom. The maximum atomic E-state index is 5.52. The van der Waals surface area contributed by atoms with E-state index in [1.807, 2.05) is 0 Å². The molecule has 0 aromatic heterocycles. The Bertz CT molecular complexity index is 316. The number of rotatable bonds is 1. The Morgan fingerprint density at radius 2 is 2.29 bits per heavy atom. The standard InChI is InChI=1S/C12H15BrO/c1-9-11(5-2-6-12(9)13)10-4-3-7-14-8-10/h2,5-6,10H,3-4,7-8H2,1H3. The van der Waals surface area contributed by atoms with Gasteiger partial charge in [0.1, 0.15) is 0 Å². The fourth-order valence-corrected chi connectivity index (χ4v) is 2.43. The van der Waals surface area contributed by atoms with Crippen molar-refractivity contribution >= 4 is 15.9 Å². The molecule has 1 nitrogen and oxygen atoms in total. The molecule has 2 rings (SSSR count). The fraction of sp³-hybridized carbons (Fsp3) is 0.500. The minimum atomic E-state index is 0.598. The molecule has 0 amide bonds. The Labute approximate surface area is 93.6 Å². The van der Waals surface area contributed by atoms with Crippen LogP contribution in [-0.4, -0.2) is 13.2 Å². The first kappa shape index (κ1) is 10.2. The zero-order valence-electron chi connectivity index (χ0n) is 8.42. The third kappa shape index (κ3) is 2.01. The van der Waals surface area contributed by atoms with Gasteiger partial charge in [-0.3, -0.25) is 0 Å². The lowest BCUT2D eigenvalue weighted by Gasteiger charge is -2.24. The average Bonchev–Trinajstić information content (AvgIpc) is 2.23. The van der Waals surface area contributed by atoms with Crippen molar-refractivity contribution in [2.75, 3.05) is 13.2 Å². The molecule has 1 unspecified atom stereocenters. The van der Waals surface area contributed by atoms with Crippen LogP contribution in [0.2, 0.25) is 0 Å². The number of hydrogen-bond donors (Lipinski definition) is 0. The first-order valence-electron chi connectivity index (χ1n) is 5.12. The van der Waals surface area contributed by atoms with Gasteiger partial charge in [-0.15, -0.1) is 0 Å². The predicted octanol–water partition coefficient (Wildman–Crippen LogP) is 3.65. The molecule has 0 saturated carbocycles. The van der Waals surface area contributed by atoms with Crippen molar-refractivity contribution in [2.24, 2.45) is 0 Å². The Balaban J connectivity index is 2.26. The Morgan fingerprint density at radius 1 is 1.43 bits per heavy atom. The van der Waals surface area contributed by atoms with Gasteiger partial charge in [0, 0.05) is 17.0 Å². The van der Waals surface area contributed by atoms with Gasteiger partial charge >= 0.3 is 0 Å². The minimum absolute atomic E-state index is 0.598. The largest absolute Gasteiger partial charge is 0.381 e. The van der Waals surface area contributed by atoms with Crippen LogP contribution in [0.3, 0.4) is 0 Å². The lowest BCUT2D eigenvalue weighted by Crippen LogP contribution is -2.16. The van der Waals surface area contributed by atoms with Gasteiger partial charge in [0.25, 0.3) is 0 Å². The van der Waals surface area contributed by atoms with Gasteiger partial charge in [0.15, 0.2) is 0 Å². The lowest BCUT2D eigenvalue weighted by molar-refractivity contribution is 0.0802. The van der Waals surface area contributed by atoms with E-state index in [1.165, 1.54) is 28.4 Å². The second-order valence-corrected chi connectivity index (χ2v) is 4.72. The van der Waals surface area contributed by atoms with Crippen LogP contribution < -0.4 is 0 Å². The Hall–Kier alpha value is -0.340. The molecular formula is C12H15BrO. The predicted molar refractivity (Wildman–Crippen MR) is 61.7 cm³/mol. The van der Waals surface area contributed by atoms with E-state index in [9.17, 15) is 0 Å². The van der Waals surface area contributed by atoms with Crippen LogP contribution in [0.5, 0.6) is 0 Å². The first-order chi connectivity index (χ1) is 6.79.